The number of aliphatic hydroxyl groups is 1. The number of aliphatic carboxylic acids is 1. The van der Waals surface area contributed by atoms with Gasteiger partial charge in [-0.25, -0.2) is 17.9 Å². The molecule has 0 fully saturated rings. The molecule has 0 radical (unpaired) electrons. The van der Waals surface area contributed by atoms with Crippen molar-refractivity contribution in [2.75, 3.05) is 6.54 Å². The van der Waals surface area contributed by atoms with E-state index in [1.165, 1.54) is 0 Å². The van der Waals surface area contributed by atoms with Gasteiger partial charge in [0.15, 0.2) is 6.10 Å². The van der Waals surface area contributed by atoms with Crippen molar-refractivity contribution >= 4 is 43.3 Å². The number of sulfonamides is 1. The summed E-state index contributed by atoms with van der Waals surface area (Å²) in [4.78, 5) is 10.3. The number of hydrogen-bond acceptors (Lipinski definition) is 5. The second-order valence-corrected chi connectivity index (χ2v) is 6.83. The van der Waals surface area contributed by atoms with E-state index in [4.69, 9.17) is 10.2 Å². The fourth-order valence-corrected chi connectivity index (χ4v) is 4.42. The molecular weight excluding hydrogens is 334 g/mol. The van der Waals surface area contributed by atoms with Gasteiger partial charge in [0, 0.05) is 11.0 Å². The Labute approximate surface area is 110 Å². The first-order valence-electron chi connectivity index (χ1n) is 4.48. The highest BCUT2D eigenvalue weighted by Crippen LogP contribution is 2.27. The number of rotatable bonds is 6. The zero-order chi connectivity index (χ0) is 13.1. The molecule has 96 valence electrons. The standard InChI is InChI=1S/C8H10BrNO5S2/c9-5-2-4-16-8(5)17(14,15)10-3-1-6(11)7(12)13/h2,4,6,10-11H,1,3H2,(H,12,13). The van der Waals surface area contributed by atoms with Gasteiger partial charge in [-0.1, -0.05) is 0 Å². The quantitative estimate of drug-likeness (QED) is 0.702. The minimum Gasteiger partial charge on any atom is -0.479 e. The van der Waals surface area contributed by atoms with Gasteiger partial charge >= 0.3 is 5.97 Å². The lowest BCUT2D eigenvalue weighted by Gasteiger charge is -2.07. The smallest absolute Gasteiger partial charge is 0.332 e. The van der Waals surface area contributed by atoms with Gasteiger partial charge in [0.1, 0.15) is 4.21 Å². The Morgan fingerprint density at radius 1 is 1.59 bits per heavy atom. The largest absolute Gasteiger partial charge is 0.479 e. The van der Waals surface area contributed by atoms with Crippen LogP contribution in [0.4, 0.5) is 0 Å². The number of carboxylic acids is 1. The average molecular weight is 344 g/mol. The number of aliphatic hydroxyl groups excluding tert-OH is 1. The summed E-state index contributed by atoms with van der Waals surface area (Å²) in [6.07, 6.45) is -1.75. The lowest BCUT2D eigenvalue weighted by atomic mass is 10.3. The molecule has 0 aliphatic carbocycles. The Kier molecular flexibility index (Phi) is 5.07. The first-order chi connectivity index (χ1) is 7.84. The molecule has 1 atom stereocenters. The van der Waals surface area contributed by atoms with Gasteiger partial charge in [-0.05, 0) is 33.8 Å². The fourth-order valence-electron chi connectivity index (χ4n) is 0.991. The van der Waals surface area contributed by atoms with Crippen molar-refractivity contribution in [3.8, 4) is 0 Å². The van der Waals surface area contributed by atoms with Gasteiger partial charge in [-0.2, -0.15) is 0 Å². The molecule has 1 heterocycles. The Morgan fingerprint density at radius 3 is 2.71 bits per heavy atom. The van der Waals surface area contributed by atoms with Gasteiger partial charge < -0.3 is 10.2 Å². The molecule has 9 heteroatoms. The van der Waals surface area contributed by atoms with Crippen LogP contribution < -0.4 is 4.72 Å². The molecule has 3 N–H and O–H groups in total. The third kappa shape index (κ3) is 4.03. The minimum absolute atomic E-state index is 0.127. The first kappa shape index (κ1) is 14.6. The van der Waals surface area contributed by atoms with Crippen molar-refractivity contribution in [2.45, 2.75) is 16.7 Å². The molecule has 6 nitrogen and oxygen atoms in total. The molecule has 1 aromatic heterocycles. The maximum Gasteiger partial charge on any atom is 0.332 e. The molecule has 1 rings (SSSR count). The molecule has 0 aromatic carbocycles. The highest BCUT2D eigenvalue weighted by atomic mass is 79.9. The van der Waals surface area contributed by atoms with E-state index < -0.39 is 22.1 Å². The molecule has 0 amide bonds. The van der Waals surface area contributed by atoms with E-state index in [2.05, 4.69) is 20.7 Å². The summed E-state index contributed by atoms with van der Waals surface area (Å²) in [6, 6.07) is 1.60. The van der Waals surface area contributed by atoms with Crippen molar-refractivity contribution in [1.82, 2.24) is 4.72 Å². The molecule has 17 heavy (non-hydrogen) atoms. The maximum atomic E-state index is 11.7. The van der Waals surface area contributed by atoms with Crippen molar-refractivity contribution in [1.29, 1.82) is 0 Å². The lowest BCUT2D eigenvalue weighted by molar-refractivity contribution is -0.146. The highest BCUT2D eigenvalue weighted by molar-refractivity contribution is 9.10. The number of halogens is 1. The molecule has 0 bridgehead atoms. The predicted octanol–water partition coefficient (Wildman–Crippen LogP) is 0.624. The highest BCUT2D eigenvalue weighted by Gasteiger charge is 2.20. The average Bonchev–Trinajstić information content (AvgIpc) is 2.64. The molecule has 0 aliphatic rings. The van der Waals surface area contributed by atoms with Crippen LogP contribution in [0, 0.1) is 0 Å². The van der Waals surface area contributed by atoms with Crippen LogP contribution in [0.5, 0.6) is 0 Å². The van der Waals surface area contributed by atoms with E-state index in [1.54, 1.807) is 11.4 Å². The zero-order valence-corrected chi connectivity index (χ0v) is 11.7. The summed E-state index contributed by atoms with van der Waals surface area (Å²) in [6.45, 7) is -0.139. The van der Waals surface area contributed by atoms with Gasteiger partial charge in [-0.3, -0.25) is 0 Å². The van der Waals surface area contributed by atoms with Crippen molar-refractivity contribution in [3.05, 3.63) is 15.9 Å². The maximum absolute atomic E-state index is 11.7. The van der Waals surface area contributed by atoms with E-state index in [0.29, 0.717) is 4.47 Å². The van der Waals surface area contributed by atoms with E-state index in [1.807, 2.05) is 0 Å². The van der Waals surface area contributed by atoms with Crippen LogP contribution in [0.2, 0.25) is 0 Å². The summed E-state index contributed by atoms with van der Waals surface area (Å²) >= 11 is 4.14. The second kappa shape index (κ2) is 5.91. The summed E-state index contributed by atoms with van der Waals surface area (Å²) in [7, 11) is -3.65. The van der Waals surface area contributed by atoms with Crippen LogP contribution in [0.15, 0.2) is 20.1 Å². The number of hydrogen-bond donors (Lipinski definition) is 3. The van der Waals surface area contributed by atoms with Crippen LogP contribution in [0.25, 0.3) is 0 Å². The summed E-state index contributed by atoms with van der Waals surface area (Å²) < 4.78 is 26.2. The van der Waals surface area contributed by atoms with Crippen LogP contribution in [-0.2, 0) is 14.8 Å². The van der Waals surface area contributed by atoms with E-state index >= 15 is 0 Å². The second-order valence-electron chi connectivity index (χ2n) is 3.10. The number of thiophene rings is 1. The number of carboxylic acid groups (broad SMARTS) is 1. The zero-order valence-electron chi connectivity index (χ0n) is 8.46. The molecule has 0 saturated carbocycles. The van der Waals surface area contributed by atoms with Crippen molar-refractivity contribution in [3.63, 3.8) is 0 Å². The fraction of sp³-hybridized carbons (Fsp3) is 0.375. The minimum atomic E-state index is -3.65. The van der Waals surface area contributed by atoms with Crippen LogP contribution in [0.1, 0.15) is 6.42 Å². The van der Waals surface area contributed by atoms with Crippen LogP contribution >= 0.6 is 27.3 Å². The van der Waals surface area contributed by atoms with E-state index in [9.17, 15) is 13.2 Å². The SMILES string of the molecule is O=C(O)C(O)CCNS(=O)(=O)c1sccc1Br. The van der Waals surface area contributed by atoms with Gasteiger partial charge in [0.2, 0.25) is 0 Å². The molecule has 0 spiro atoms. The molecule has 0 saturated heterocycles. The van der Waals surface area contributed by atoms with E-state index in [0.717, 1.165) is 11.3 Å². The van der Waals surface area contributed by atoms with Gasteiger partial charge in [0.25, 0.3) is 10.0 Å². The number of carbonyl (C=O) groups is 1. The van der Waals surface area contributed by atoms with Gasteiger partial charge in [0.05, 0.1) is 0 Å². The van der Waals surface area contributed by atoms with E-state index in [-0.39, 0.29) is 17.2 Å². The predicted molar refractivity (Wildman–Crippen MR) is 65.5 cm³/mol. The normalized spacial score (nSPS) is 13.5. The third-order valence-electron chi connectivity index (χ3n) is 1.82. The van der Waals surface area contributed by atoms with Crippen LogP contribution in [-0.4, -0.2) is 37.2 Å². The Bertz CT molecular complexity index is 498. The third-order valence-corrected chi connectivity index (χ3v) is 5.95. The van der Waals surface area contributed by atoms with Gasteiger partial charge in [-0.15, -0.1) is 11.3 Å². The Balaban J connectivity index is 2.58. The van der Waals surface area contributed by atoms with Crippen molar-refractivity contribution in [2.24, 2.45) is 0 Å². The van der Waals surface area contributed by atoms with Crippen LogP contribution in [0.3, 0.4) is 0 Å². The molecule has 1 aromatic rings. The lowest BCUT2D eigenvalue weighted by Crippen LogP contribution is -2.29. The molecule has 0 aliphatic heterocycles. The number of nitrogens with one attached hydrogen (secondary N) is 1. The first-order valence-corrected chi connectivity index (χ1v) is 7.63. The van der Waals surface area contributed by atoms with Crippen molar-refractivity contribution < 1.29 is 23.4 Å². The Morgan fingerprint density at radius 2 is 2.24 bits per heavy atom. The molecule has 1 unspecified atom stereocenters. The summed E-state index contributed by atoms with van der Waals surface area (Å²) in [5, 5.41) is 19.0. The Hall–Kier alpha value is -0.480. The monoisotopic (exact) mass is 343 g/mol. The summed E-state index contributed by atoms with van der Waals surface area (Å²) in [5.74, 6) is -1.37. The summed E-state index contributed by atoms with van der Waals surface area (Å²) in [5.41, 5.74) is 0. The topological polar surface area (TPSA) is 104 Å². The molecular formula is C8H10BrNO5S2.